The maximum atomic E-state index is 11.8. The fraction of sp³-hybridized carbons (Fsp3) is 0.278. The number of anilines is 1. The number of halogens is 1. The molecule has 0 spiro atoms. The minimum atomic E-state index is 0.0320. The molecule has 0 aliphatic carbocycles. The Hall–Kier alpha value is -1.84. The van der Waals surface area contributed by atoms with Crippen LogP contribution in [0.3, 0.4) is 0 Å². The van der Waals surface area contributed by atoms with Crippen molar-refractivity contribution in [1.29, 1.82) is 0 Å². The molecule has 0 saturated heterocycles. The van der Waals surface area contributed by atoms with Crippen LogP contribution in [0.15, 0.2) is 48.5 Å². The van der Waals surface area contributed by atoms with E-state index in [1.807, 2.05) is 55.5 Å². The maximum Gasteiger partial charge on any atom is 0.225 e. The molecule has 0 heterocycles. The SMILES string of the molecule is Cc1cccc(NC(=O)CCNCCc2ccc(Cl)cc2)c1. The molecule has 0 aliphatic rings. The highest BCUT2D eigenvalue weighted by Crippen LogP contribution is 2.10. The van der Waals surface area contributed by atoms with E-state index in [9.17, 15) is 4.79 Å². The summed E-state index contributed by atoms with van der Waals surface area (Å²) >= 11 is 5.85. The van der Waals surface area contributed by atoms with Gasteiger partial charge >= 0.3 is 0 Å². The van der Waals surface area contributed by atoms with E-state index in [-0.39, 0.29) is 5.91 Å². The predicted molar refractivity (Wildman–Crippen MR) is 92.5 cm³/mol. The lowest BCUT2D eigenvalue weighted by Crippen LogP contribution is -2.23. The van der Waals surface area contributed by atoms with Crippen molar-refractivity contribution in [3.8, 4) is 0 Å². The van der Waals surface area contributed by atoms with Crippen molar-refractivity contribution in [3.05, 3.63) is 64.7 Å². The fourth-order valence-corrected chi connectivity index (χ4v) is 2.28. The van der Waals surface area contributed by atoms with E-state index in [0.717, 1.165) is 29.2 Å². The molecule has 2 rings (SSSR count). The van der Waals surface area contributed by atoms with Crippen molar-refractivity contribution >= 4 is 23.2 Å². The molecular weight excluding hydrogens is 296 g/mol. The Kier molecular flexibility index (Phi) is 6.44. The summed E-state index contributed by atoms with van der Waals surface area (Å²) in [5.41, 5.74) is 3.23. The summed E-state index contributed by atoms with van der Waals surface area (Å²) in [6.45, 7) is 3.53. The van der Waals surface area contributed by atoms with Crippen molar-refractivity contribution in [2.45, 2.75) is 19.8 Å². The van der Waals surface area contributed by atoms with Crippen LogP contribution in [-0.2, 0) is 11.2 Å². The van der Waals surface area contributed by atoms with Gasteiger partial charge in [0.2, 0.25) is 5.91 Å². The number of hydrogen-bond acceptors (Lipinski definition) is 2. The third-order valence-electron chi connectivity index (χ3n) is 3.33. The molecule has 4 heteroatoms. The lowest BCUT2D eigenvalue weighted by molar-refractivity contribution is -0.116. The lowest BCUT2D eigenvalue weighted by Gasteiger charge is -2.07. The molecule has 0 aromatic heterocycles. The fourth-order valence-electron chi connectivity index (χ4n) is 2.16. The van der Waals surface area contributed by atoms with Crippen molar-refractivity contribution in [2.24, 2.45) is 0 Å². The molecule has 2 N–H and O–H groups in total. The molecule has 0 fully saturated rings. The Bertz CT molecular complexity index is 611. The van der Waals surface area contributed by atoms with Crippen molar-refractivity contribution in [1.82, 2.24) is 5.32 Å². The van der Waals surface area contributed by atoms with E-state index in [2.05, 4.69) is 10.6 Å². The van der Waals surface area contributed by atoms with Gasteiger partial charge in [-0.15, -0.1) is 0 Å². The van der Waals surface area contributed by atoms with Crippen molar-refractivity contribution in [3.63, 3.8) is 0 Å². The molecule has 2 aromatic rings. The molecule has 0 radical (unpaired) electrons. The quantitative estimate of drug-likeness (QED) is 0.763. The topological polar surface area (TPSA) is 41.1 Å². The number of amides is 1. The van der Waals surface area contributed by atoms with Gasteiger partial charge in [0, 0.05) is 23.7 Å². The Morgan fingerprint density at radius 3 is 2.59 bits per heavy atom. The number of rotatable bonds is 7. The van der Waals surface area contributed by atoms with Crippen LogP contribution in [-0.4, -0.2) is 19.0 Å². The van der Waals surface area contributed by atoms with Crippen LogP contribution < -0.4 is 10.6 Å². The Labute approximate surface area is 136 Å². The number of hydrogen-bond donors (Lipinski definition) is 2. The van der Waals surface area contributed by atoms with E-state index < -0.39 is 0 Å². The van der Waals surface area contributed by atoms with Gasteiger partial charge in [-0.3, -0.25) is 4.79 Å². The zero-order valence-corrected chi connectivity index (χ0v) is 13.5. The highest BCUT2D eigenvalue weighted by atomic mass is 35.5. The second-order valence-corrected chi connectivity index (χ2v) is 5.73. The Balaban J connectivity index is 1.62. The zero-order valence-electron chi connectivity index (χ0n) is 12.7. The molecule has 0 aliphatic heterocycles. The normalized spacial score (nSPS) is 10.5. The van der Waals surface area contributed by atoms with Gasteiger partial charge < -0.3 is 10.6 Å². The smallest absolute Gasteiger partial charge is 0.225 e. The van der Waals surface area contributed by atoms with E-state index in [1.54, 1.807) is 0 Å². The Morgan fingerprint density at radius 1 is 1.09 bits per heavy atom. The minimum Gasteiger partial charge on any atom is -0.326 e. The maximum absolute atomic E-state index is 11.8. The minimum absolute atomic E-state index is 0.0320. The monoisotopic (exact) mass is 316 g/mol. The van der Waals surface area contributed by atoms with Crippen LogP contribution in [0.25, 0.3) is 0 Å². The highest BCUT2D eigenvalue weighted by Gasteiger charge is 2.02. The number of benzene rings is 2. The third kappa shape index (κ3) is 5.88. The average Bonchev–Trinajstić information content (AvgIpc) is 2.49. The number of carbonyl (C=O) groups excluding carboxylic acids is 1. The summed E-state index contributed by atoms with van der Waals surface area (Å²) in [7, 11) is 0. The van der Waals surface area contributed by atoms with Crippen LogP contribution in [0, 0.1) is 6.92 Å². The first kappa shape index (κ1) is 16.5. The van der Waals surface area contributed by atoms with Crippen LogP contribution in [0.2, 0.25) is 5.02 Å². The molecule has 1 amide bonds. The van der Waals surface area contributed by atoms with Crippen LogP contribution in [0.5, 0.6) is 0 Å². The van der Waals surface area contributed by atoms with Crippen molar-refractivity contribution < 1.29 is 4.79 Å². The molecule has 0 atom stereocenters. The number of carbonyl (C=O) groups is 1. The number of nitrogens with one attached hydrogen (secondary N) is 2. The van der Waals surface area contributed by atoms with Crippen LogP contribution in [0.4, 0.5) is 5.69 Å². The number of aryl methyl sites for hydroxylation is 1. The second kappa shape index (κ2) is 8.57. The van der Waals surface area contributed by atoms with Gasteiger partial charge in [-0.1, -0.05) is 35.9 Å². The summed E-state index contributed by atoms with van der Waals surface area (Å²) in [5.74, 6) is 0.0320. The van der Waals surface area contributed by atoms with Crippen LogP contribution in [0.1, 0.15) is 17.5 Å². The Morgan fingerprint density at radius 2 is 1.86 bits per heavy atom. The molecule has 0 unspecified atom stereocenters. The summed E-state index contributed by atoms with van der Waals surface area (Å²) < 4.78 is 0. The van der Waals surface area contributed by atoms with Crippen LogP contribution >= 0.6 is 11.6 Å². The summed E-state index contributed by atoms with van der Waals surface area (Å²) in [4.78, 5) is 11.8. The standard InChI is InChI=1S/C18H21ClN2O/c1-14-3-2-4-17(13-14)21-18(22)10-12-20-11-9-15-5-7-16(19)8-6-15/h2-8,13,20H,9-12H2,1H3,(H,21,22). The largest absolute Gasteiger partial charge is 0.326 e. The molecule has 0 saturated carbocycles. The van der Waals surface area contributed by atoms with Gasteiger partial charge in [0.15, 0.2) is 0 Å². The average molecular weight is 317 g/mol. The third-order valence-corrected chi connectivity index (χ3v) is 3.59. The molecule has 0 bridgehead atoms. The lowest BCUT2D eigenvalue weighted by atomic mass is 10.1. The summed E-state index contributed by atoms with van der Waals surface area (Å²) in [5, 5.41) is 6.94. The first-order chi connectivity index (χ1) is 10.6. The first-order valence-electron chi connectivity index (χ1n) is 7.45. The molecule has 3 nitrogen and oxygen atoms in total. The van der Waals surface area contributed by atoms with Crippen molar-refractivity contribution in [2.75, 3.05) is 18.4 Å². The van der Waals surface area contributed by atoms with Gasteiger partial charge in [0.05, 0.1) is 0 Å². The molecule has 22 heavy (non-hydrogen) atoms. The molecule has 2 aromatic carbocycles. The zero-order chi connectivity index (χ0) is 15.8. The van der Waals surface area contributed by atoms with Gasteiger partial charge in [0.25, 0.3) is 0 Å². The second-order valence-electron chi connectivity index (χ2n) is 5.29. The first-order valence-corrected chi connectivity index (χ1v) is 7.83. The van der Waals surface area contributed by atoms with Gasteiger partial charge in [-0.25, -0.2) is 0 Å². The van der Waals surface area contributed by atoms with E-state index in [0.29, 0.717) is 13.0 Å². The van der Waals surface area contributed by atoms with Gasteiger partial charge in [-0.05, 0) is 55.3 Å². The van der Waals surface area contributed by atoms with E-state index >= 15 is 0 Å². The highest BCUT2D eigenvalue weighted by molar-refractivity contribution is 6.30. The summed E-state index contributed by atoms with van der Waals surface area (Å²) in [6.07, 6.45) is 1.39. The molecular formula is C18H21ClN2O. The van der Waals surface area contributed by atoms with Gasteiger partial charge in [0.1, 0.15) is 0 Å². The van der Waals surface area contributed by atoms with E-state index in [4.69, 9.17) is 11.6 Å². The van der Waals surface area contributed by atoms with Gasteiger partial charge in [-0.2, -0.15) is 0 Å². The molecule has 116 valence electrons. The van der Waals surface area contributed by atoms with E-state index in [1.165, 1.54) is 5.56 Å². The predicted octanol–water partition coefficient (Wildman–Crippen LogP) is 3.81. The summed E-state index contributed by atoms with van der Waals surface area (Å²) in [6, 6.07) is 15.6.